The van der Waals surface area contributed by atoms with Crippen LogP contribution in [0.3, 0.4) is 0 Å². The zero-order valence-electron chi connectivity index (χ0n) is 10.6. The molecule has 1 N–H and O–H groups in total. The Morgan fingerprint density at radius 1 is 1.11 bits per heavy atom. The molecule has 0 spiro atoms. The van der Waals surface area contributed by atoms with Gasteiger partial charge in [-0.05, 0) is 24.5 Å². The molecule has 1 aliphatic heterocycles. The van der Waals surface area contributed by atoms with Gasteiger partial charge in [-0.3, -0.25) is 0 Å². The summed E-state index contributed by atoms with van der Waals surface area (Å²) in [7, 11) is 0. The summed E-state index contributed by atoms with van der Waals surface area (Å²) in [5.74, 6) is 0.953. The molecule has 0 radical (unpaired) electrons. The van der Waals surface area contributed by atoms with Crippen LogP contribution in [0.4, 0.5) is 0 Å². The molecule has 1 fully saturated rings. The van der Waals surface area contributed by atoms with E-state index in [2.05, 4.69) is 34.2 Å². The van der Waals surface area contributed by atoms with Crippen molar-refractivity contribution < 1.29 is 4.74 Å². The number of hydrogen-bond donors (Lipinski definition) is 1. The van der Waals surface area contributed by atoms with E-state index in [0.717, 1.165) is 36.5 Å². The second-order valence-corrected chi connectivity index (χ2v) is 5.28. The first-order valence-corrected chi connectivity index (χ1v) is 6.91. The summed E-state index contributed by atoms with van der Waals surface area (Å²) < 4.78 is 6.26. The first kappa shape index (κ1) is 12.5. The average Bonchev–Trinajstić information content (AvgIpc) is 2.49. The van der Waals surface area contributed by atoms with Crippen molar-refractivity contribution in [1.29, 1.82) is 0 Å². The van der Waals surface area contributed by atoms with E-state index >= 15 is 0 Å². The molecule has 1 saturated heterocycles. The molecule has 1 aromatic heterocycles. The fourth-order valence-corrected chi connectivity index (χ4v) is 2.91. The Labute approximate surface area is 117 Å². The number of hydrogen-bond acceptors (Lipinski definition) is 3. The number of aromatic amines is 1. The third kappa shape index (κ3) is 2.33. The Balaban J connectivity index is 2.14. The number of nitrogens with one attached hydrogen (secondary N) is 1. The zero-order chi connectivity index (χ0) is 13.1. The fraction of sp³-hybridized carbons (Fsp3) is 0.333. The summed E-state index contributed by atoms with van der Waals surface area (Å²) in [6.45, 7) is 1.51. The van der Waals surface area contributed by atoms with Crippen LogP contribution in [0.5, 0.6) is 0 Å². The topological polar surface area (TPSA) is 37.9 Å². The molecule has 0 unspecified atom stereocenters. The lowest BCUT2D eigenvalue weighted by atomic mass is 9.73. The van der Waals surface area contributed by atoms with Gasteiger partial charge in [-0.25, -0.2) is 4.98 Å². The highest BCUT2D eigenvalue weighted by atomic mass is 32.1. The van der Waals surface area contributed by atoms with Crippen molar-refractivity contribution in [3.63, 3.8) is 0 Å². The predicted octanol–water partition coefficient (Wildman–Crippen LogP) is 3.24. The number of benzene rings is 1. The summed E-state index contributed by atoms with van der Waals surface area (Å²) in [5, 5.41) is 0. The van der Waals surface area contributed by atoms with Crippen LogP contribution in [0.25, 0.3) is 0 Å². The Bertz CT molecular complexity index is 603. The normalized spacial score (nSPS) is 18.1. The minimum absolute atomic E-state index is 0.103. The van der Waals surface area contributed by atoms with Crippen molar-refractivity contribution >= 4 is 12.2 Å². The van der Waals surface area contributed by atoms with Gasteiger partial charge in [0.15, 0.2) is 0 Å². The second kappa shape index (κ2) is 5.23. The Morgan fingerprint density at radius 2 is 1.84 bits per heavy atom. The maximum atomic E-state index is 5.53. The zero-order valence-corrected chi connectivity index (χ0v) is 11.5. The lowest BCUT2D eigenvalue weighted by molar-refractivity contribution is 0.0604. The highest BCUT2D eigenvalue weighted by molar-refractivity contribution is 7.71. The third-order valence-electron chi connectivity index (χ3n) is 3.80. The standard InChI is InChI=1S/C15H16N2OS/c19-13-6-9-16-14(17-13)15(7-10-18-11-8-15)12-4-2-1-3-5-12/h1-6,9H,7-8,10-11H2,(H,16,17,19). The van der Waals surface area contributed by atoms with Crippen molar-refractivity contribution in [1.82, 2.24) is 9.97 Å². The molecule has 0 atom stereocenters. The average molecular weight is 272 g/mol. The number of nitrogens with zero attached hydrogens (tertiary/aromatic N) is 1. The molecule has 1 aromatic carbocycles. The molecule has 3 rings (SSSR count). The van der Waals surface area contributed by atoms with Gasteiger partial charge in [0.1, 0.15) is 10.5 Å². The lowest BCUT2D eigenvalue weighted by Crippen LogP contribution is -2.36. The van der Waals surface area contributed by atoms with E-state index in [1.54, 1.807) is 6.20 Å². The fourth-order valence-electron chi connectivity index (χ4n) is 2.75. The molecular weight excluding hydrogens is 256 g/mol. The van der Waals surface area contributed by atoms with Crippen LogP contribution in [0.2, 0.25) is 0 Å². The minimum atomic E-state index is -0.103. The second-order valence-electron chi connectivity index (χ2n) is 4.84. The highest BCUT2D eigenvalue weighted by Crippen LogP contribution is 2.39. The molecule has 0 saturated carbocycles. The largest absolute Gasteiger partial charge is 0.381 e. The van der Waals surface area contributed by atoms with Crippen LogP contribution < -0.4 is 0 Å². The van der Waals surface area contributed by atoms with E-state index in [4.69, 9.17) is 17.0 Å². The van der Waals surface area contributed by atoms with E-state index in [1.807, 2.05) is 12.1 Å². The Hall–Kier alpha value is -1.52. The van der Waals surface area contributed by atoms with Crippen LogP contribution in [-0.4, -0.2) is 23.2 Å². The third-order valence-corrected chi connectivity index (χ3v) is 4.04. The first-order chi connectivity index (χ1) is 9.31. The Morgan fingerprint density at radius 3 is 2.53 bits per heavy atom. The van der Waals surface area contributed by atoms with Crippen molar-refractivity contribution in [2.75, 3.05) is 13.2 Å². The van der Waals surface area contributed by atoms with E-state index < -0.39 is 0 Å². The smallest absolute Gasteiger partial charge is 0.117 e. The van der Waals surface area contributed by atoms with Crippen LogP contribution in [0, 0.1) is 4.64 Å². The van der Waals surface area contributed by atoms with Gasteiger partial charge in [0, 0.05) is 19.4 Å². The van der Waals surface area contributed by atoms with Crippen molar-refractivity contribution in [3.8, 4) is 0 Å². The molecule has 98 valence electrons. The summed E-state index contributed by atoms with van der Waals surface area (Å²) in [5.41, 5.74) is 1.18. The molecule has 19 heavy (non-hydrogen) atoms. The van der Waals surface area contributed by atoms with Gasteiger partial charge in [-0.1, -0.05) is 42.5 Å². The molecular formula is C15H16N2OS. The minimum Gasteiger partial charge on any atom is -0.381 e. The molecule has 1 aliphatic rings. The Kier molecular flexibility index (Phi) is 3.44. The van der Waals surface area contributed by atoms with Gasteiger partial charge in [0.25, 0.3) is 0 Å². The van der Waals surface area contributed by atoms with Crippen molar-refractivity contribution in [2.24, 2.45) is 0 Å². The highest BCUT2D eigenvalue weighted by Gasteiger charge is 2.38. The summed E-state index contributed by atoms with van der Waals surface area (Å²) in [6, 6.07) is 12.3. The van der Waals surface area contributed by atoms with Gasteiger partial charge >= 0.3 is 0 Å². The molecule has 0 bridgehead atoms. The molecule has 3 nitrogen and oxygen atoms in total. The van der Waals surface area contributed by atoms with Gasteiger partial charge in [0.05, 0.1) is 5.41 Å². The van der Waals surface area contributed by atoms with Crippen molar-refractivity contribution in [3.05, 3.63) is 58.6 Å². The van der Waals surface area contributed by atoms with Gasteiger partial charge in [-0.2, -0.15) is 0 Å². The van der Waals surface area contributed by atoms with E-state index in [-0.39, 0.29) is 5.41 Å². The monoisotopic (exact) mass is 272 g/mol. The van der Waals surface area contributed by atoms with Crippen LogP contribution in [-0.2, 0) is 10.2 Å². The van der Waals surface area contributed by atoms with E-state index in [9.17, 15) is 0 Å². The summed E-state index contributed by atoms with van der Waals surface area (Å²) in [6.07, 6.45) is 3.65. The molecule has 0 amide bonds. The maximum Gasteiger partial charge on any atom is 0.117 e. The van der Waals surface area contributed by atoms with Crippen LogP contribution in [0.1, 0.15) is 24.2 Å². The first-order valence-electron chi connectivity index (χ1n) is 6.50. The maximum absolute atomic E-state index is 5.53. The van der Waals surface area contributed by atoms with Gasteiger partial charge in [0.2, 0.25) is 0 Å². The summed E-state index contributed by atoms with van der Waals surface area (Å²) in [4.78, 5) is 7.80. The predicted molar refractivity (Wildman–Crippen MR) is 76.7 cm³/mol. The van der Waals surface area contributed by atoms with E-state index in [0.29, 0.717) is 0 Å². The van der Waals surface area contributed by atoms with Crippen LogP contribution >= 0.6 is 12.2 Å². The number of aromatic nitrogens is 2. The molecule has 2 aromatic rings. The van der Waals surface area contributed by atoms with Crippen LogP contribution in [0.15, 0.2) is 42.6 Å². The van der Waals surface area contributed by atoms with Crippen molar-refractivity contribution in [2.45, 2.75) is 18.3 Å². The van der Waals surface area contributed by atoms with E-state index in [1.165, 1.54) is 5.56 Å². The number of rotatable bonds is 2. The van der Waals surface area contributed by atoms with Gasteiger partial charge < -0.3 is 9.72 Å². The SMILES string of the molecule is S=c1ccnc(C2(c3ccccc3)CCOCC2)[nH]1. The molecule has 4 heteroatoms. The molecule has 0 aliphatic carbocycles. The number of H-pyrrole nitrogens is 1. The summed E-state index contributed by atoms with van der Waals surface area (Å²) >= 11 is 5.24. The quantitative estimate of drug-likeness (QED) is 0.853. The molecule has 2 heterocycles. The number of ether oxygens (including phenoxy) is 1. The lowest BCUT2D eigenvalue weighted by Gasteiger charge is -2.36. The van der Waals surface area contributed by atoms with Gasteiger partial charge in [-0.15, -0.1) is 0 Å².